The maximum absolute atomic E-state index is 3.73. The van der Waals surface area contributed by atoms with Crippen molar-refractivity contribution in [2.45, 2.75) is 53.2 Å². The summed E-state index contributed by atoms with van der Waals surface area (Å²) in [6.07, 6.45) is 0. The molecule has 2 unspecified atom stereocenters. The smallest absolute Gasteiger partial charge is 0.0247 e. The monoisotopic (exact) mass is 274 g/mol. The largest absolute Gasteiger partial charge is 0.311 e. The Balaban J connectivity index is 2.08. The summed E-state index contributed by atoms with van der Waals surface area (Å²) in [4.78, 5) is 2.68. The number of benzene rings is 1. The number of hydrogen-bond donors (Lipinski definition) is 1. The summed E-state index contributed by atoms with van der Waals surface area (Å²) in [5.74, 6) is 1.39. The van der Waals surface area contributed by atoms with Gasteiger partial charge in [-0.1, -0.05) is 57.5 Å². The Bertz CT molecular complexity index is 408. The maximum Gasteiger partial charge on any atom is 0.0247 e. The summed E-state index contributed by atoms with van der Waals surface area (Å²) in [5.41, 5.74) is 2.78. The van der Waals surface area contributed by atoms with Crippen molar-refractivity contribution in [1.82, 2.24) is 10.2 Å². The third kappa shape index (κ3) is 3.83. The predicted octanol–water partition coefficient (Wildman–Crippen LogP) is 3.45. The second kappa shape index (κ2) is 6.73. The average Bonchev–Trinajstić information content (AvgIpc) is 2.41. The molecule has 2 atom stereocenters. The van der Waals surface area contributed by atoms with E-state index in [1.165, 1.54) is 11.1 Å². The lowest BCUT2D eigenvalue weighted by molar-refractivity contribution is 0.0784. The Morgan fingerprint density at radius 3 is 2.30 bits per heavy atom. The molecule has 0 amide bonds. The first-order valence-electron chi connectivity index (χ1n) is 8.00. The fourth-order valence-corrected chi connectivity index (χ4v) is 3.07. The van der Waals surface area contributed by atoms with Crippen molar-refractivity contribution in [3.05, 3.63) is 35.4 Å². The molecule has 1 saturated heterocycles. The highest BCUT2D eigenvalue weighted by Crippen LogP contribution is 2.21. The molecule has 1 aliphatic rings. The van der Waals surface area contributed by atoms with Crippen LogP contribution in [-0.2, 0) is 6.54 Å². The Morgan fingerprint density at radius 2 is 1.75 bits per heavy atom. The van der Waals surface area contributed by atoms with E-state index >= 15 is 0 Å². The number of piperazine rings is 1. The molecule has 0 radical (unpaired) electrons. The Morgan fingerprint density at radius 1 is 1.10 bits per heavy atom. The number of nitrogens with one attached hydrogen (secondary N) is 1. The molecular formula is C18H30N2. The van der Waals surface area contributed by atoms with Crippen LogP contribution < -0.4 is 5.32 Å². The summed E-state index contributed by atoms with van der Waals surface area (Å²) < 4.78 is 0. The van der Waals surface area contributed by atoms with Crippen molar-refractivity contribution in [1.29, 1.82) is 0 Å². The molecule has 0 saturated carbocycles. The minimum atomic E-state index is 0.621. The topological polar surface area (TPSA) is 15.3 Å². The number of aryl methyl sites for hydroxylation is 1. The van der Waals surface area contributed by atoms with Crippen molar-refractivity contribution >= 4 is 0 Å². The molecule has 1 aromatic rings. The van der Waals surface area contributed by atoms with Crippen molar-refractivity contribution in [2.24, 2.45) is 11.8 Å². The van der Waals surface area contributed by atoms with Crippen LogP contribution in [0, 0.1) is 18.8 Å². The zero-order valence-electron chi connectivity index (χ0n) is 13.7. The van der Waals surface area contributed by atoms with Gasteiger partial charge in [-0.05, 0) is 24.3 Å². The standard InChI is InChI=1S/C18H30N2/c1-13(2)17-12-20(18(10-19-17)14(3)4)11-16-8-6-15(5)7-9-16/h6-9,13-14,17-19H,10-12H2,1-5H3. The van der Waals surface area contributed by atoms with Crippen LogP contribution in [0.3, 0.4) is 0 Å². The van der Waals surface area contributed by atoms with Crippen LogP contribution in [0.1, 0.15) is 38.8 Å². The van der Waals surface area contributed by atoms with Gasteiger partial charge < -0.3 is 5.32 Å². The second-order valence-corrected chi connectivity index (χ2v) is 6.99. The van der Waals surface area contributed by atoms with Gasteiger partial charge in [-0.15, -0.1) is 0 Å². The third-order valence-electron chi connectivity index (χ3n) is 4.57. The summed E-state index contributed by atoms with van der Waals surface area (Å²) in [7, 11) is 0. The molecule has 1 aliphatic heterocycles. The number of hydrogen-bond acceptors (Lipinski definition) is 2. The fourth-order valence-electron chi connectivity index (χ4n) is 3.07. The molecule has 0 bridgehead atoms. The highest BCUT2D eigenvalue weighted by Gasteiger charge is 2.30. The van der Waals surface area contributed by atoms with Crippen LogP contribution in [0.5, 0.6) is 0 Å². The molecule has 0 spiro atoms. The molecule has 20 heavy (non-hydrogen) atoms. The fraction of sp³-hybridized carbons (Fsp3) is 0.667. The molecule has 112 valence electrons. The Kier molecular flexibility index (Phi) is 5.22. The van der Waals surface area contributed by atoms with Crippen LogP contribution in [0.15, 0.2) is 24.3 Å². The van der Waals surface area contributed by atoms with Crippen molar-refractivity contribution < 1.29 is 0 Å². The molecule has 0 aliphatic carbocycles. The van der Waals surface area contributed by atoms with Crippen molar-refractivity contribution in [2.75, 3.05) is 13.1 Å². The lowest BCUT2D eigenvalue weighted by Crippen LogP contribution is -2.59. The number of rotatable bonds is 4. The minimum Gasteiger partial charge on any atom is -0.311 e. The molecule has 1 N–H and O–H groups in total. The molecule has 1 aromatic carbocycles. The van der Waals surface area contributed by atoms with Crippen LogP contribution in [0.2, 0.25) is 0 Å². The molecular weight excluding hydrogens is 244 g/mol. The zero-order valence-corrected chi connectivity index (χ0v) is 13.7. The number of nitrogens with zero attached hydrogens (tertiary/aromatic N) is 1. The van der Waals surface area contributed by atoms with Crippen LogP contribution >= 0.6 is 0 Å². The lowest BCUT2D eigenvalue weighted by Gasteiger charge is -2.43. The first kappa shape index (κ1) is 15.5. The van der Waals surface area contributed by atoms with E-state index in [1.54, 1.807) is 0 Å². The summed E-state index contributed by atoms with van der Waals surface area (Å²) in [5, 5.41) is 3.73. The molecule has 2 nitrogen and oxygen atoms in total. The lowest BCUT2D eigenvalue weighted by atomic mass is 9.93. The highest BCUT2D eigenvalue weighted by molar-refractivity contribution is 5.21. The quantitative estimate of drug-likeness (QED) is 0.904. The molecule has 2 heteroatoms. The van der Waals surface area contributed by atoms with Crippen LogP contribution in [-0.4, -0.2) is 30.1 Å². The molecule has 0 aromatic heterocycles. The van der Waals surface area contributed by atoms with Crippen molar-refractivity contribution in [3.8, 4) is 0 Å². The molecule has 1 heterocycles. The van der Waals surface area contributed by atoms with Gasteiger partial charge in [0.15, 0.2) is 0 Å². The van der Waals surface area contributed by atoms with E-state index in [4.69, 9.17) is 0 Å². The zero-order chi connectivity index (χ0) is 14.7. The predicted molar refractivity (Wildman–Crippen MR) is 86.8 cm³/mol. The van der Waals surface area contributed by atoms with E-state index in [9.17, 15) is 0 Å². The van der Waals surface area contributed by atoms with Gasteiger partial charge in [-0.25, -0.2) is 0 Å². The van der Waals surface area contributed by atoms with Gasteiger partial charge in [0.1, 0.15) is 0 Å². The molecule has 1 fully saturated rings. The summed E-state index contributed by atoms with van der Waals surface area (Å²) in [6.45, 7) is 14.8. The van der Waals surface area contributed by atoms with E-state index in [-0.39, 0.29) is 0 Å². The van der Waals surface area contributed by atoms with E-state index < -0.39 is 0 Å². The van der Waals surface area contributed by atoms with E-state index in [2.05, 4.69) is 69.1 Å². The summed E-state index contributed by atoms with van der Waals surface area (Å²) in [6, 6.07) is 10.3. The van der Waals surface area contributed by atoms with Gasteiger partial charge >= 0.3 is 0 Å². The van der Waals surface area contributed by atoms with Gasteiger partial charge in [0.05, 0.1) is 0 Å². The van der Waals surface area contributed by atoms with Gasteiger partial charge in [-0.3, -0.25) is 4.90 Å². The Labute approximate surface area is 124 Å². The second-order valence-electron chi connectivity index (χ2n) is 6.99. The van der Waals surface area contributed by atoms with Crippen molar-refractivity contribution in [3.63, 3.8) is 0 Å². The normalized spacial score (nSPS) is 24.6. The average molecular weight is 274 g/mol. The van der Waals surface area contributed by atoms with E-state index in [0.29, 0.717) is 23.9 Å². The maximum atomic E-state index is 3.73. The van der Waals surface area contributed by atoms with Crippen LogP contribution in [0.25, 0.3) is 0 Å². The van der Waals surface area contributed by atoms with Crippen LogP contribution in [0.4, 0.5) is 0 Å². The van der Waals surface area contributed by atoms with E-state index in [0.717, 1.165) is 19.6 Å². The van der Waals surface area contributed by atoms with E-state index in [1.807, 2.05) is 0 Å². The summed E-state index contributed by atoms with van der Waals surface area (Å²) >= 11 is 0. The van der Waals surface area contributed by atoms with Gasteiger partial charge in [0.2, 0.25) is 0 Å². The first-order valence-corrected chi connectivity index (χ1v) is 8.00. The van der Waals surface area contributed by atoms with Gasteiger partial charge in [0, 0.05) is 31.7 Å². The Hall–Kier alpha value is -0.860. The third-order valence-corrected chi connectivity index (χ3v) is 4.57. The molecule has 2 rings (SSSR count). The van der Waals surface area contributed by atoms with Gasteiger partial charge in [0.25, 0.3) is 0 Å². The minimum absolute atomic E-state index is 0.621. The SMILES string of the molecule is Cc1ccc(CN2CC(C(C)C)NCC2C(C)C)cc1. The first-order chi connectivity index (χ1) is 9.47. The van der Waals surface area contributed by atoms with Gasteiger partial charge in [-0.2, -0.15) is 0 Å². The highest BCUT2D eigenvalue weighted by atomic mass is 15.2.